The molecule has 1 aliphatic rings. The number of aliphatic hydroxyl groups is 1. The Labute approximate surface area is 121 Å². The monoisotopic (exact) mass is 275 g/mol. The van der Waals surface area contributed by atoms with E-state index >= 15 is 0 Å². The van der Waals surface area contributed by atoms with Crippen LogP contribution in [0.5, 0.6) is 0 Å². The van der Waals surface area contributed by atoms with Gasteiger partial charge >= 0.3 is 0 Å². The predicted molar refractivity (Wildman–Crippen MR) is 81.8 cm³/mol. The van der Waals surface area contributed by atoms with E-state index in [-0.39, 0.29) is 12.0 Å². The zero-order valence-corrected chi connectivity index (χ0v) is 12.8. The summed E-state index contributed by atoms with van der Waals surface area (Å²) in [5.41, 5.74) is 2.23. The third-order valence-corrected chi connectivity index (χ3v) is 4.09. The van der Waals surface area contributed by atoms with Crippen LogP contribution in [-0.4, -0.2) is 34.8 Å². The highest BCUT2D eigenvalue weighted by molar-refractivity contribution is 5.43. The third kappa shape index (κ3) is 3.37. The lowest BCUT2D eigenvalue weighted by atomic mass is 9.77. The van der Waals surface area contributed by atoms with E-state index < -0.39 is 0 Å². The minimum atomic E-state index is -0.0422. The molecule has 1 aromatic heterocycles. The molecular formula is C16H25N3O. The number of rotatable bonds is 4. The highest BCUT2D eigenvalue weighted by Gasteiger charge is 2.35. The molecule has 0 unspecified atom stereocenters. The van der Waals surface area contributed by atoms with E-state index in [1.807, 2.05) is 6.92 Å². The minimum absolute atomic E-state index is 0.0422. The van der Waals surface area contributed by atoms with Crippen LogP contribution in [0.1, 0.15) is 38.8 Å². The number of nitrogens with zero attached hydrogens (tertiary/aromatic N) is 3. The summed E-state index contributed by atoms with van der Waals surface area (Å²) in [6, 6.07) is 0. The van der Waals surface area contributed by atoms with Gasteiger partial charge in [0.1, 0.15) is 5.82 Å². The van der Waals surface area contributed by atoms with E-state index in [4.69, 9.17) is 0 Å². The van der Waals surface area contributed by atoms with Crippen LogP contribution in [0.15, 0.2) is 24.0 Å². The van der Waals surface area contributed by atoms with Gasteiger partial charge in [-0.15, -0.1) is 0 Å². The van der Waals surface area contributed by atoms with E-state index in [0.717, 1.165) is 43.9 Å². The number of hydrogen-bond donors (Lipinski definition) is 1. The van der Waals surface area contributed by atoms with Gasteiger partial charge in [0.25, 0.3) is 0 Å². The second-order valence-corrected chi connectivity index (χ2v) is 6.13. The van der Waals surface area contributed by atoms with Gasteiger partial charge in [-0.3, -0.25) is 4.98 Å². The van der Waals surface area contributed by atoms with E-state index in [1.54, 1.807) is 12.4 Å². The van der Waals surface area contributed by atoms with Crippen molar-refractivity contribution in [3.05, 3.63) is 29.7 Å². The summed E-state index contributed by atoms with van der Waals surface area (Å²) in [6.07, 6.45) is 8.81. The maximum Gasteiger partial charge on any atom is 0.150 e. The summed E-state index contributed by atoms with van der Waals surface area (Å²) in [5.74, 6) is 0.960. The zero-order chi connectivity index (χ0) is 14.6. The van der Waals surface area contributed by atoms with Crippen molar-refractivity contribution in [3.63, 3.8) is 0 Å². The van der Waals surface area contributed by atoms with E-state index in [2.05, 4.69) is 34.8 Å². The van der Waals surface area contributed by atoms with Crippen molar-refractivity contribution in [2.75, 3.05) is 24.6 Å². The molecule has 0 spiro atoms. The molecule has 1 atom stereocenters. The van der Waals surface area contributed by atoms with Crippen LogP contribution in [0.25, 0.3) is 0 Å². The van der Waals surface area contributed by atoms with Crippen LogP contribution in [0.3, 0.4) is 0 Å². The molecule has 4 nitrogen and oxygen atoms in total. The second kappa shape index (κ2) is 6.35. The average molecular weight is 275 g/mol. The number of hydrogen-bond acceptors (Lipinski definition) is 4. The van der Waals surface area contributed by atoms with Crippen LogP contribution in [0.2, 0.25) is 0 Å². The van der Waals surface area contributed by atoms with Crippen LogP contribution >= 0.6 is 0 Å². The fourth-order valence-corrected chi connectivity index (χ4v) is 2.88. The molecule has 1 saturated heterocycles. The Morgan fingerprint density at radius 2 is 2.15 bits per heavy atom. The molecule has 1 aromatic rings. The van der Waals surface area contributed by atoms with Gasteiger partial charge < -0.3 is 10.0 Å². The minimum Gasteiger partial charge on any atom is -0.396 e. The zero-order valence-electron chi connectivity index (χ0n) is 12.8. The highest BCUT2D eigenvalue weighted by atomic mass is 16.3. The van der Waals surface area contributed by atoms with E-state index in [9.17, 15) is 5.11 Å². The van der Waals surface area contributed by atoms with Crippen molar-refractivity contribution in [2.24, 2.45) is 5.41 Å². The number of anilines is 1. The topological polar surface area (TPSA) is 49.2 Å². The van der Waals surface area contributed by atoms with Crippen LogP contribution < -0.4 is 4.90 Å². The maximum atomic E-state index is 9.90. The summed E-state index contributed by atoms with van der Waals surface area (Å²) in [4.78, 5) is 11.1. The Kier molecular flexibility index (Phi) is 4.76. The molecule has 20 heavy (non-hydrogen) atoms. The van der Waals surface area contributed by atoms with Gasteiger partial charge in [-0.25, -0.2) is 4.98 Å². The van der Waals surface area contributed by atoms with Crippen molar-refractivity contribution in [1.82, 2.24) is 9.97 Å². The van der Waals surface area contributed by atoms with Gasteiger partial charge in [-0.2, -0.15) is 0 Å². The van der Waals surface area contributed by atoms with Gasteiger partial charge in [-0.05, 0) is 40.0 Å². The lowest BCUT2D eigenvalue weighted by Crippen LogP contribution is -2.46. The highest BCUT2D eigenvalue weighted by Crippen LogP contribution is 2.35. The largest absolute Gasteiger partial charge is 0.396 e. The molecule has 0 aliphatic carbocycles. The maximum absolute atomic E-state index is 9.90. The molecule has 110 valence electrons. The Bertz CT molecular complexity index is 482. The quantitative estimate of drug-likeness (QED) is 0.858. The van der Waals surface area contributed by atoms with Crippen molar-refractivity contribution < 1.29 is 5.11 Å². The van der Waals surface area contributed by atoms with Gasteiger partial charge in [0.2, 0.25) is 0 Å². The SMILES string of the molecule is CC(C)=CC[C@]1(CO)CCCN(c2nccnc2C)C1. The number of piperidine rings is 1. The number of aryl methyl sites for hydroxylation is 1. The molecule has 2 heterocycles. The van der Waals surface area contributed by atoms with Crippen LogP contribution in [-0.2, 0) is 0 Å². The Hall–Kier alpha value is -1.42. The average Bonchev–Trinajstić information content (AvgIpc) is 2.46. The summed E-state index contributed by atoms with van der Waals surface area (Å²) in [5, 5.41) is 9.90. The normalized spacial score (nSPS) is 22.7. The van der Waals surface area contributed by atoms with Crippen molar-refractivity contribution in [3.8, 4) is 0 Å². The Balaban J connectivity index is 2.18. The molecule has 1 aliphatic heterocycles. The van der Waals surface area contributed by atoms with Crippen molar-refractivity contribution in [2.45, 2.75) is 40.0 Å². The smallest absolute Gasteiger partial charge is 0.150 e. The van der Waals surface area contributed by atoms with Gasteiger partial charge in [-0.1, -0.05) is 11.6 Å². The molecule has 0 radical (unpaired) electrons. The summed E-state index contributed by atoms with van der Waals surface area (Å²) in [6.45, 7) is 8.29. The first-order valence-electron chi connectivity index (χ1n) is 7.33. The standard InChI is InChI=1S/C16H25N3O/c1-13(2)5-7-16(12-20)6-4-10-19(11-16)15-14(3)17-8-9-18-15/h5,8-9,20H,4,6-7,10-12H2,1-3H3/t16-/m1/s1. The van der Waals surface area contributed by atoms with Gasteiger partial charge in [0, 0.05) is 30.9 Å². The molecular weight excluding hydrogens is 250 g/mol. The third-order valence-electron chi connectivity index (χ3n) is 4.09. The predicted octanol–water partition coefficient (Wildman–Crippen LogP) is 2.72. The first-order valence-corrected chi connectivity index (χ1v) is 7.33. The summed E-state index contributed by atoms with van der Waals surface area (Å²) >= 11 is 0. The van der Waals surface area contributed by atoms with Gasteiger partial charge in [0.05, 0.1) is 12.3 Å². The molecule has 1 fully saturated rings. The van der Waals surface area contributed by atoms with Crippen molar-refractivity contribution >= 4 is 5.82 Å². The number of allylic oxidation sites excluding steroid dienone is 2. The molecule has 2 rings (SSSR count). The second-order valence-electron chi connectivity index (χ2n) is 6.13. The summed E-state index contributed by atoms with van der Waals surface area (Å²) in [7, 11) is 0. The van der Waals surface area contributed by atoms with Gasteiger partial charge in [0.15, 0.2) is 0 Å². The molecule has 0 aromatic carbocycles. The van der Waals surface area contributed by atoms with Crippen LogP contribution in [0.4, 0.5) is 5.82 Å². The lowest BCUT2D eigenvalue weighted by Gasteiger charge is -2.42. The molecule has 0 saturated carbocycles. The Morgan fingerprint density at radius 1 is 1.40 bits per heavy atom. The van der Waals surface area contributed by atoms with E-state index in [1.165, 1.54) is 5.57 Å². The fraction of sp³-hybridized carbons (Fsp3) is 0.625. The van der Waals surface area contributed by atoms with Crippen LogP contribution in [0, 0.1) is 12.3 Å². The first-order chi connectivity index (χ1) is 9.56. The van der Waals surface area contributed by atoms with Crippen molar-refractivity contribution in [1.29, 1.82) is 0 Å². The van der Waals surface area contributed by atoms with E-state index in [0.29, 0.717) is 0 Å². The number of aromatic nitrogens is 2. The number of aliphatic hydroxyl groups excluding tert-OH is 1. The lowest BCUT2D eigenvalue weighted by molar-refractivity contribution is 0.107. The molecule has 0 amide bonds. The summed E-state index contributed by atoms with van der Waals surface area (Å²) < 4.78 is 0. The fourth-order valence-electron chi connectivity index (χ4n) is 2.88. The first kappa shape index (κ1) is 15.0. The Morgan fingerprint density at radius 3 is 2.80 bits per heavy atom. The molecule has 4 heteroatoms. The molecule has 1 N–H and O–H groups in total. The molecule has 0 bridgehead atoms.